The van der Waals surface area contributed by atoms with Gasteiger partial charge in [-0.2, -0.15) is 0 Å². The molecule has 15 rings (SSSR count). The molecule has 2 aliphatic carbocycles. The van der Waals surface area contributed by atoms with Crippen LogP contribution in [0.3, 0.4) is 0 Å². The lowest BCUT2D eigenvalue weighted by molar-refractivity contribution is 0.795. The van der Waals surface area contributed by atoms with E-state index >= 15 is 0 Å². The second-order valence-corrected chi connectivity index (χ2v) is 20.1. The SMILES string of the molecule is c1ccc(-c2cccc(N(c3ccc4c(c3)C3(c5ccccc5-c5ccccc53)c3cc5cc(N(c6cccc(-c7ccccc7)c6)c6ccc7ccccc7c6)ccc5cc3-4)c3ccc4ccccc4c3)c2)cc1. The summed E-state index contributed by atoms with van der Waals surface area (Å²) in [5, 5.41) is 7.25. The highest BCUT2D eigenvalue weighted by Crippen LogP contribution is 2.64. The Morgan fingerprint density at radius 1 is 0.187 bits per heavy atom. The van der Waals surface area contributed by atoms with Crippen LogP contribution in [0.2, 0.25) is 0 Å². The van der Waals surface area contributed by atoms with Gasteiger partial charge >= 0.3 is 0 Å². The third-order valence-corrected chi connectivity index (χ3v) is 15.9. The number of nitrogens with zero attached hydrogens (tertiary/aromatic N) is 2. The first kappa shape index (κ1) is 42.9. The lowest BCUT2D eigenvalue weighted by Crippen LogP contribution is -2.26. The van der Waals surface area contributed by atoms with Crippen LogP contribution in [-0.4, -0.2) is 0 Å². The Labute approximate surface area is 437 Å². The Hall–Kier alpha value is -9.76. The van der Waals surface area contributed by atoms with Crippen molar-refractivity contribution in [2.24, 2.45) is 0 Å². The first-order valence-corrected chi connectivity index (χ1v) is 26.0. The third-order valence-electron chi connectivity index (χ3n) is 15.9. The van der Waals surface area contributed by atoms with Gasteiger partial charge in [0.25, 0.3) is 0 Å². The van der Waals surface area contributed by atoms with E-state index in [0.29, 0.717) is 0 Å². The number of benzene rings is 13. The van der Waals surface area contributed by atoms with Crippen molar-refractivity contribution in [3.63, 3.8) is 0 Å². The van der Waals surface area contributed by atoms with Crippen LogP contribution in [0.15, 0.2) is 291 Å². The van der Waals surface area contributed by atoms with Crippen LogP contribution in [0.4, 0.5) is 34.1 Å². The summed E-state index contributed by atoms with van der Waals surface area (Å²) in [4.78, 5) is 4.89. The maximum atomic E-state index is 2.52. The minimum absolute atomic E-state index is 0.582. The van der Waals surface area contributed by atoms with Gasteiger partial charge in [-0.1, -0.05) is 206 Å². The van der Waals surface area contributed by atoms with Gasteiger partial charge in [0, 0.05) is 34.1 Å². The van der Waals surface area contributed by atoms with Gasteiger partial charge in [0.15, 0.2) is 0 Å². The highest BCUT2D eigenvalue weighted by molar-refractivity contribution is 6.03. The Bertz CT molecular complexity index is 4340. The molecule has 0 amide bonds. The van der Waals surface area contributed by atoms with Crippen molar-refractivity contribution < 1.29 is 0 Å². The van der Waals surface area contributed by atoms with E-state index in [9.17, 15) is 0 Å². The molecular formula is C73H48N2. The largest absolute Gasteiger partial charge is 0.310 e. The molecule has 2 aliphatic rings. The molecule has 0 radical (unpaired) electrons. The Balaban J connectivity index is 0.950. The predicted molar refractivity (Wildman–Crippen MR) is 315 cm³/mol. The second kappa shape index (κ2) is 17.2. The monoisotopic (exact) mass is 952 g/mol. The maximum absolute atomic E-state index is 2.52. The zero-order chi connectivity index (χ0) is 49.5. The van der Waals surface area contributed by atoms with E-state index in [0.717, 1.165) is 34.1 Å². The number of rotatable bonds is 8. The zero-order valence-electron chi connectivity index (χ0n) is 41.1. The van der Waals surface area contributed by atoms with Crippen LogP contribution in [0.1, 0.15) is 22.3 Å². The summed E-state index contributed by atoms with van der Waals surface area (Å²) in [6, 6.07) is 108. The average Bonchev–Trinajstić information content (AvgIpc) is 4.06. The van der Waals surface area contributed by atoms with Crippen molar-refractivity contribution in [1.82, 2.24) is 0 Å². The Morgan fingerprint density at radius 2 is 0.560 bits per heavy atom. The summed E-state index contributed by atoms with van der Waals surface area (Å²) < 4.78 is 0. The summed E-state index contributed by atoms with van der Waals surface area (Å²) >= 11 is 0. The molecule has 0 bridgehead atoms. The molecule has 13 aromatic carbocycles. The van der Waals surface area contributed by atoms with Gasteiger partial charge in [0.1, 0.15) is 0 Å². The molecule has 0 aromatic heterocycles. The molecule has 0 aliphatic heterocycles. The molecule has 1 spiro atoms. The van der Waals surface area contributed by atoms with Gasteiger partial charge in [0.05, 0.1) is 5.41 Å². The zero-order valence-corrected chi connectivity index (χ0v) is 41.1. The summed E-state index contributed by atoms with van der Waals surface area (Å²) in [5.74, 6) is 0. The van der Waals surface area contributed by atoms with Crippen molar-refractivity contribution in [3.8, 4) is 44.5 Å². The van der Waals surface area contributed by atoms with Crippen LogP contribution in [0.25, 0.3) is 76.8 Å². The molecular weight excluding hydrogens is 905 g/mol. The van der Waals surface area contributed by atoms with Gasteiger partial charge < -0.3 is 9.80 Å². The first-order chi connectivity index (χ1) is 37.2. The van der Waals surface area contributed by atoms with E-state index in [4.69, 9.17) is 0 Å². The van der Waals surface area contributed by atoms with Gasteiger partial charge in [-0.25, -0.2) is 0 Å². The summed E-state index contributed by atoms with van der Waals surface area (Å²) in [6.45, 7) is 0. The minimum atomic E-state index is -0.582. The van der Waals surface area contributed by atoms with Gasteiger partial charge in [-0.15, -0.1) is 0 Å². The van der Waals surface area contributed by atoms with E-state index in [1.807, 2.05) is 0 Å². The van der Waals surface area contributed by atoms with Crippen molar-refractivity contribution in [2.45, 2.75) is 5.41 Å². The van der Waals surface area contributed by atoms with Crippen LogP contribution >= 0.6 is 0 Å². The van der Waals surface area contributed by atoms with E-state index in [1.165, 1.54) is 99.1 Å². The summed E-state index contributed by atoms with van der Waals surface area (Å²) in [7, 11) is 0. The van der Waals surface area contributed by atoms with Crippen molar-refractivity contribution >= 4 is 66.4 Å². The molecule has 0 unspecified atom stereocenters. The Morgan fingerprint density at radius 3 is 1.11 bits per heavy atom. The van der Waals surface area contributed by atoms with Gasteiger partial charge in [0.2, 0.25) is 0 Å². The standard InChI is InChI=1S/C73H48N2/c1-3-17-49(18-4-1)55-25-15-27-59(41-55)74(61-36-33-51-21-7-9-23-53(51)43-61)63-38-35-57-46-68-67-40-39-64(48-72(67)73(71(68)47-58(57)45-63)69-31-13-11-29-65(69)66-30-12-14-32-70(66)73)75(62-37-34-52-22-8-10-24-54(52)44-62)60-28-16-26-56(42-60)50-19-5-2-6-20-50/h1-48H. The number of anilines is 6. The van der Waals surface area contributed by atoms with Crippen LogP contribution in [0.5, 0.6) is 0 Å². The third kappa shape index (κ3) is 6.88. The topological polar surface area (TPSA) is 6.48 Å². The van der Waals surface area contributed by atoms with Crippen molar-refractivity contribution in [3.05, 3.63) is 313 Å². The molecule has 0 atom stereocenters. The lowest BCUT2D eigenvalue weighted by Gasteiger charge is -2.32. The molecule has 75 heavy (non-hydrogen) atoms. The minimum Gasteiger partial charge on any atom is -0.310 e. The quantitative estimate of drug-likeness (QED) is 0.150. The van der Waals surface area contributed by atoms with Crippen molar-refractivity contribution in [2.75, 3.05) is 9.80 Å². The molecule has 0 N–H and O–H groups in total. The number of fused-ring (bicyclic) bond motifs is 13. The van der Waals surface area contributed by atoms with E-state index in [2.05, 4.69) is 301 Å². The molecule has 0 heterocycles. The first-order valence-electron chi connectivity index (χ1n) is 26.0. The highest BCUT2D eigenvalue weighted by atomic mass is 15.1. The molecule has 13 aromatic rings. The average molecular weight is 953 g/mol. The predicted octanol–water partition coefficient (Wildman–Crippen LogP) is 19.8. The Kier molecular flexibility index (Phi) is 9.83. The molecule has 0 saturated carbocycles. The van der Waals surface area contributed by atoms with E-state index < -0.39 is 5.41 Å². The summed E-state index contributed by atoms with van der Waals surface area (Å²) in [6.07, 6.45) is 0. The fourth-order valence-corrected chi connectivity index (χ4v) is 12.6. The smallest absolute Gasteiger partial charge is 0.0726 e. The number of hydrogen-bond acceptors (Lipinski definition) is 2. The number of hydrogen-bond donors (Lipinski definition) is 0. The lowest BCUT2D eigenvalue weighted by atomic mass is 9.70. The van der Waals surface area contributed by atoms with Crippen LogP contribution in [0, 0.1) is 0 Å². The molecule has 0 fully saturated rings. The highest BCUT2D eigenvalue weighted by Gasteiger charge is 2.52. The van der Waals surface area contributed by atoms with Gasteiger partial charge in [-0.05, 0) is 184 Å². The van der Waals surface area contributed by atoms with Gasteiger partial charge in [-0.3, -0.25) is 0 Å². The molecule has 0 saturated heterocycles. The normalized spacial score (nSPS) is 12.6. The second-order valence-electron chi connectivity index (χ2n) is 20.1. The maximum Gasteiger partial charge on any atom is 0.0726 e. The molecule has 2 heteroatoms. The van der Waals surface area contributed by atoms with E-state index in [-0.39, 0.29) is 0 Å². The fourth-order valence-electron chi connectivity index (χ4n) is 12.6. The van der Waals surface area contributed by atoms with Crippen LogP contribution in [-0.2, 0) is 5.41 Å². The molecule has 2 nitrogen and oxygen atoms in total. The van der Waals surface area contributed by atoms with Crippen molar-refractivity contribution in [1.29, 1.82) is 0 Å². The van der Waals surface area contributed by atoms with E-state index in [1.54, 1.807) is 0 Å². The fraction of sp³-hybridized carbons (Fsp3) is 0.0137. The molecule has 350 valence electrons. The summed E-state index contributed by atoms with van der Waals surface area (Å²) in [5.41, 5.74) is 21.1. The van der Waals surface area contributed by atoms with Crippen LogP contribution < -0.4 is 9.80 Å².